The van der Waals surface area contributed by atoms with Gasteiger partial charge in [-0.05, 0) is 13.8 Å². The number of aliphatic hydroxyl groups excluding tert-OH is 1. The molecule has 0 radical (unpaired) electrons. The molecule has 0 fully saturated rings. The largest absolute Gasteiger partial charge is 0.392 e. The second kappa shape index (κ2) is 4.23. The van der Waals surface area contributed by atoms with E-state index in [-0.39, 0.29) is 6.10 Å². The van der Waals surface area contributed by atoms with Crippen molar-refractivity contribution in [1.82, 2.24) is 10.5 Å². The number of aromatic nitrogens is 1. The predicted octanol–water partition coefficient (Wildman–Crippen LogP) is 0.453. The van der Waals surface area contributed by atoms with E-state index in [9.17, 15) is 0 Å². The van der Waals surface area contributed by atoms with E-state index < -0.39 is 0 Å². The second-order valence-corrected chi connectivity index (χ2v) is 2.91. The number of nitrogens with one attached hydrogen (secondary N) is 1. The Hall–Kier alpha value is -0.870. The Morgan fingerprint density at radius 3 is 3.00 bits per heavy atom. The van der Waals surface area contributed by atoms with Crippen molar-refractivity contribution in [2.75, 3.05) is 6.54 Å². The van der Waals surface area contributed by atoms with Gasteiger partial charge in [0.15, 0.2) is 0 Å². The van der Waals surface area contributed by atoms with Gasteiger partial charge >= 0.3 is 0 Å². The SMILES string of the molecule is Cc1cc(CNC[C@@H](C)O)no1. The summed E-state index contributed by atoms with van der Waals surface area (Å²) >= 11 is 0. The van der Waals surface area contributed by atoms with E-state index in [2.05, 4.69) is 10.5 Å². The first-order valence-electron chi connectivity index (χ1n) is 3.99. The molecule has 0 unspecified atom stereocenters. The van der Waals surface area contributed by atoms with Gasteiger partial charge in [0, 0.05) is 19.2 Å². The lowest BCUT2D eigenvalue weighted by Crippen LogP contribution is -2.23. The summed E-state index contributed by atoms with van der Waals surface area (Å²) in [4.78, 5) is 0. The van der Waals surface area contributed by atoms with Gasteiger partial charge < -0.3 is 14.9 Å². The van der Waals surface area contributed by atoms with Crippen molar-refractivity contribution in [3.8, 4) is 0 Å². The number of aliphatic hydroxyl groups is 1. The molecule has 0 aliphatic heterocycles. The highest BCUT2D eigenvalue weighted by Crippen LogP contribution is 2.00. The molecule has 0 aromatic carbocycles. The molecule has 1 atom stereocenters. The molecule has 68 valence electrons. The first kappa shape index (κ1) is 9.22. The number of rotatable bonds is 4. The Labute approximate surface area is 71.6 Å². The maximum absolute atomic E-state index is 8.93. The fourth-order valence-electron chi connectivity index (χ4n) is 0.910. The summed E-state index contributed by atoms with van der Waals surface area (Å²) in [5.74, 6) is 0.809. The van der Waals surface area contributed by atoms with Crippen LogP contribution in [0.5, 0.6) is 0 Å². The third kappa shape index (κ3) is 3.02. The molecule has 1 rings (SSSR count). The molecule has 12 heavy (non-hydrogen) atoms. The molecule has 0 saturated heterocycles. The van der Waals surface area contributed by atoms with Gasteiger partial charge in [-0.15, -0.1) is 0 Å². The first-order chi connectivity index (χ1) is 5.68. The van der Waals surface area contributed by atoms with E-state index in [4.69, 9.17) is 9.63 Å². The average Bonchev–Trinajstić information content (AvgIpc) is 2.35. The highest BCUT2D eigenvalue weighted by atomic mass is 16.5. The minimum absolute atomic E-state index is 0.321. The van der Waals surface area contributed by atoms with Gasteiger partial charge in [0.2, 0.25) is 0 Å². The average molecular weight is 170 g/mol. The zero-order chi connectivity index (χ0) is 8.97. The van der Waals surface area contributed by atoms with Crippen molar-refractivity contribution in [2.24, 2.45) is 0 Å². The Bertz CT molecular complexity index is 233. The third-order valence-electron chi connectivity index (χ3n) is 1.42. The molecule has 0 spiro atoms. The molecule has 0 amide bonds. The van der Waals surface area contributed by atoms with Gasteiger partial charge in [0.1, 0.15) is 5.76 Å². The van der Waals surface area contributed by atoms with Crippen LogP contribution in [0.4, 0.5) is 0 Å². The lowest BCUT2D eigenvalue weighted by atomic mass is 10.3. The van der Waals surface area contributed by atoms with Crippen molar-refractivity contribution < 1.29 is 9.63 Å². The van der Waals surface area contributed by atoms with Crippen molar-refractivity contribution in [2.45, 2.75) is 26.5 Å². The quantitative estimate of drug-likeness (QED) is 0.689. The monoisotopic (exact) mass is 170 g/mol. The van der Waals surface area contributed by atoms with Crippen molar-refractivity contribution in [3.05, 3.63) is 17.5 Å². The van der Waals surface area contributed by atoms with Crippen LogP contribution in [0.2, 0.25) is 0 Å². The van der Waals surface area contributed by atoms with Gasteiger partial charge in [-0.1, -0.05) is 5.16 Å². The van der Waals surface area contributed by atoms with Crippen LogP contribution in [0, 0.1) is 6.92 Å². The van der Waals surface area contributed by atoms with Crippen LogP contribution in [0.15, 0.2) is 10.6 Å². The zero-order valence-corrected chi connectivity index (χ0v) is 7.37. The van der Waals surface area contributed by atoms with Crippen molar-refractivity contribution in [3.63, 3.8) is 0 Å². The molecule has 1 heterocycles. The topological polar surface area (TPSA) is 58.3 Å². The van der Waals surface area contributed by atoms with Crippen molar-refractivity contribution >= 4 is 0 Å². The van der Waals surface area contributed by atoms with Gasteiger partial charge in [-0.25, -0.2) is 0 Å². The summed E-state index contributed by atoms with van der Waals surface area (Å²) in [6, 6.07) is 1.87. The minimum atomic E-state index is -0.321. The van der Waals surface area contributed by atoms with Crippen LogP contribution in [0.3, 0.4) is 0 Å². The molecule has 0 aliphatic rings. The van der Waals surface area contributed by atoms with Crippen LogP contribution < -0.4 is 5.32 Å². The maximum atomic E-state index is 8.93. The molecule has 0 bridgehead atoms. The van der Waals surface area contributed by atoms with Crippen LogP contribution >= 0.6 is 0 Å². The standard InChI is InChI=1S/C8H14N2O2/c1-6(11)4-9-5-8-3-7(2)12-10-8/h3,6,9,11H,4-5H2,1-2H3/t6-/m1/s1. The Morgan fingerprint density at radius 2 is 2.50 bits per heavy atom. The maximum Gasteiger partial charge on any atom is 0.133 e. The Balaban J connectivity index is 2.24. The lowest BCUT2D eigenvalue weighted by molar-refractivity contribution is 0.190. The van der Waals surface area contributed by atoms with E-state index in [0.717, 1.165) is 11.5 Å². The summed E-state index contributed by atoms with van der Waals surface area (Å²) in [6.07, 6.45) is -0.321. The molecule has 0 aliphatic carbocycles. The number of aryl methyl sites for hydroxylation is 1. The predicted molar refractivity (Wildman–Crippen MR) is 44.6 cm³/mol. The number of hydrogen-bond acceptors (Lipinski definition) is 4. The van der Waals surface area contributed by atoms with Gasteiger partial charge in [0.25, 0.3) is 0 Å². The molecule has 2 N–H and O–H groups in total. The summed E-state index contributed by atoms with van der Waals surface area (Å²) in [5, 5.41) is 15.8. The Kier molecular flexibility index (Phi) is 3.25. The first-order valence-corrected chi connectivity index (χ1v) is 3.99. The number of hydrogen-bond donors (Lipinski definition) is 2. The van der Waals surface area contributed by atoms with Gasteiger partial charge in [-0.3, -0.25) is 0 Å². The fourth-order valence-corrected chi connectivity index (χ4v) is 0.910. The molecule has 1 aromatic rings. The van der Waals surface area contributed by atoms with Gasteiger partial charge in [0.05, 0.1) is 11.8 Å². The third-order valence-corrected chi connectivity index (χ3v) is 1.42. The molecule has 0 saturated carbocycles. The summed E-state index contributed by atoms with van der Waals surface area (Å²) in [5.41, 5.74) is 0.869. The lowest BCUT2D eigenvalue weighted by Gasteiger charge is -2.03. The van der Waals surface area contributed by atoms with E-state index in [1.807, 2.05) is 13.0 Å². The zero-order valence-electron chi connectivity index (χ0n) is 7.37. The molecule has 1 aromatic heterocycles. The van der Waals surface area contributed by atoms with Crippen molar-refractivity contribution in [1.29, 1.82) is 0 Å². The highest BCUT2D eigenvalue weighted by Gasteiger charge is 1.99. The molecular weight excluding hydrogens is 156 g/mol. The summed E-state index contributed by atoms with van der Waals surface area (Å²) in [6.45, 7) is 4.81. The smallest absolute Gasteiger partial charge is 0.133 e. The highest BCUT2D eigenvalue weighted by molar-refractivity contribution is 5.02. The molecular formula is C8H14N2O2. The van der Waals surface area contributed by atoms with Gasteiger partial charge in [-0.2, -0.15) is 0 Å². The van der Waals surface area contributed by atoms with E-state index in [1.54, 1.807) is 6.92 Å². The van der Waals surface area contributed by atoms with E-state index in [1.165, 1.54) is 0 Å². The van der Waals surface area contributed by atoms with Crippen LogP contribution in [-0.4, -0.2) is 22.9 Å². The van der Waals surface area contributed by atoms with E-state index >= 15 is 0 Å². The fraction of sp³-hybridized carbons (Fsp3) is 0.625. The summed E-state index contributed by atoms with van der Waals surface area (Å²) in [7, 11) is 0. The summed E-state index contributed by atoms with van der Waals surface area (Å²) < 4.78 is 4.87. The van der Waals surface area contributed by atoms with Crippen LogP contribution in [0.1, 0.15) is 18.4 Å². The molecule has 4 nitrogen and oxygen atoms in total. The van der Waals surface area contributed by atoms with E-state index in [0.29, 0.717) is 13.1 Å². The molecule has 4 heteroatoms. The van der Waals surface area contributed by atoms with Crippen LogP contribution in [-0.2, 0) is 6.54 Å². The second-order valence-electron chi connectivity index (χ2n) is 2.91. The Morgan fingerprint density at radius 1 is 1.75 bits per heavy atom. The van der Waals surface area contributed by atoms with Crippen LogP contribution in [0.25, 0.3) is 0 Å². The minimum Gasteiger partial charge on any atom is -0.392 e. The normalized spacial score (nSPS) is 13.2. The number of nitrogens with zero attached hydrogens (tertiary/aromatic N) is 1.